The highest BCUT2D eigenvalue weighted by Crippen LogP contribution is 2.23. The van der Waals surface area contributed by atoms with E-state index in [9.17, 15) is 0 Å². The predicted molar refractivity (Wildman–Crippen MR) is 96.7 cm³/mol. The number of aromatic nitrogens is 1. The molecule has 3 aromatic rings. The second kappa shape index (κ2) is 5.93. The minimum absolute atomic E-state index is 1.08. The summed E-state index contributed by atoms with van der Waals surface area (Å²) in [7, 11) is 0. The minimum Gasteiger partial charge on any atom is -0.355 e. The smallest absolute Gasteiger partial charge is 0.211 e. The van der Waals surface area contributed by atoms with E-state index in [2.05, 4.69) is 89.2 Å². The van der Waals surface area contributed by atoms with E-state index in [1.807, 2.05) is 12.1 Å². The molecule has 0 saturated carbocycles. The van der Waals surface area contributed by atoms with Gasteiger partial charge >= 0.3 is 0 Å². The van der Waals surface area contributed by atoms with Crippen molar-refractivity contribution in [1.29, 1.82) is 0 Å². The van der Waals surface area contributed by atoms with Crippen LogP contribution in [0.1, 0.15) is 11.3 Å². The molecule has 0 fully saturated rings. The monoisotopic (exact) mass is 297 g/mol. The van der Waals surface area contributed by atoms with E-state index in [1.165, 1.54) is 10.9 Å². The van der Waals surface area contributed by atoms with Gasteiger partial charge in [-0.15, -0.1) is 0 Å². The fourth-order valence-corrected chi connectivity index (χ4v) is 2.72. The van der Waals surface area contributed by atoms with Crippen molar-refractivity contribution in [1.82, 2.24) is 0 Å². The van der Waals surface area contributed by atoms with Gasteiger partial charge in [-0.05, 0) is 35.9 Å². The molecule has 0 aliphatic carbocycles. The molecular formula is C21H17N2+. The first-order chi connectivity index (χ1) is 11.4. The summed E-state index contributed by atoms with van der Waals surface area (Å²) in [6.45, 7) is 0. The molecule has 2 heteroatoms. The Bertz CT molecular complexity index is 949. The van der Waals surface area contributed by atoms with Crippen molar-refractivity contribution in [2.24, 2.45) is 0 Å². The Morgan fingerprint density at radius 2 is 1.70 bits per heavy atom. The standard InChI is InChI=1S/C21H16N2/c1-3-10-20-16(6-1)12-14-18(22-20)8-5-9-19-15-13-17-7-2-4-11-21(17)23-19/h1-15,22H/p+1/b9-5+,18-8-. The Hall–Kier alpha value is -3.13. The summed E-state index contributed by atoms with van der Waals surface area (Å²) < 4.78 is 0. The Morgan fingerprint density at radius 1 is 0.826 bits per heavy atom. The first kappa shape index (κ1) is 13.5. The third kappa shape index (κ3) is 2.92. The lowest BCUT2D eigenvalue weighted by Crippen LogP contribution is -2.07. The van der Waals surface area contributed by atoms with Crippen LogP contribution in [0.2, 0.25) is 0 Å². The number of allylic oxidation sites excluding steroid dienone is 3. The number of para-hydroxylation sites is 2. The molecule has 0 radical (unpaired) electrons. The fourth-order valence-electron chi connectivity index (χ4n) is 2.72. The van der Waals surface area contributed by atoms with Gasteiger partial charge in [0.2, 0.25) is 11.2 Å². The normalized spacial score (nSPS) is 15.0. The number of nitrogens with one attached hydrogen (secondary N) is 2. The quantitative estimate of drug-likeness (QED) is 0.729. The van der Waals surface area contributed by atoms with Crippen LogP contribution in [-0.4, -0.2) is 0 Å². The second-order valence-electron chi connectivity index (χ2n) is 5.53. The summed E-state index contributed by atoms with van der Waals surface area (Å²) in [6.07, 6.45) is 10.4. The first-order valence-electron chi connectivity index (χ1n) is 7.72. The maximum absolute atomic E-state index is 3.43. The van der Waals surface area contributed by atoms with Gasteiger partial charge in [0.25, 0.3) is 0 Å². The van der Waals surface area contributed by atoms with Gasteiger partial charge in [0, 0.05) is 35.0 Å². The van der Waals surface area contributed by atoms with Crippen LogP contribution in [0.5, 0.6) is 0 Å². The molecule has 0 bridgehead atoms. The average molecular weight is 297 g/mol. The lowest BCUT2D eigenvalue weighted by Gasteiger charge is -2.14. The number of fused-ring (bicyclic) bond motifs is 2. The number of anilines is 1. The second-order valence-corrected chi connectivity index (χ2v) is 5.53. The summed E-state index contributed by atoms with van der Waals surface area (Å²) in [5, 5.41) is 4.64. The molecule has 1 aliphatic heterocycles. The van der Waals surface area contributed by atoms with E-state index < -0.39 is 0 Å². The van der Waals surface area contributed by atoms with Crippen LogP contribution in [0.25, 0.3) is 23.1 Å². The van der Waals surface area contributed by atoms with Gasteiger partial charge in [-0.25, -0.2) is 4.98 Å². The summed E-state index contributed by atoms with van der Waals surface area (Å²) in [5.41, 5.74) is 5.68. The molecule has 110 valence electrons. The van der Waals surface area contributed by atoms with Crippen molar-refractivity contribution >= 4 is 28.7 Å². The number of aromatic amines is 1. The van der Waals surface area contributed by atoms with Gasteiger partial charge in [-0.2, -0.15) is 0 Å². The van der Waals surface area contributed by atoms with E-state index in [0.717, 1.165) is 22.6 Å². The molecule has 0 amide bonds. The van der Waals surface area contributed by atoms with Crippen LogP contribution in [-0.2, 0) is 0 Å². The van der Waals surface area contributed by atoms with Crippen LogP contribution in [0.3, 0.4) is 0 Å². The van der Waals surface area contributed by atoms with E-state index >= 15 is 0 Å². The number of benzene rings is 2. The van der Waals surface area contributed by atoms with Gasteiger partial charge in [0.1, 0.15) is 0 Å². The van der Waals surface area contributed by atoms with Crippen LogP contribution in [0.15, 0.2) is 84.6 Å². The van der Waals surface area contributed by atoms with Crippen LogP contribution in [0.4, 0.5) is 5.69 Å². The third-order valence-electron chi connectivity index (χ3n) is 3.92. The number of rotatable bonds is 2. The number of hydrogen-bond donors (Lipinski definition) is 1. The summed E-state index contributed by atoms with van der Waals surface area (Å²) in [4.78, 5) is 3.43. The van der Waals surface area contributed by atoms with Crippen LogP contribution in [0, 0.1) is 0 Å². The Morgan fingerprint density at radius 3 is 2.70 bits per heavy atom. The highest BCUT2D eigenvalue weighted by atomic mass is 14.9. The zero-order valence-electron chi connectivity index (χ0n) is 12.7. The van der Waals surface area contributed by atoms with Crippen LogP contribution >= 0.6 is 0 Å². The van der Waals surface area contributed by atoms with Gasteiger partial charge in [-0.1, -0.05) is 42.5 Å². The highest BCUT2D eigenvalue weighted by molar-refractivity contribution is 5.76. The summed E-state index contributed by atoms with van der Waals surface area (Å²) >= 11 is 0. The van der Waals surface area contributed by atoms with Gasteiger partial charge in [0.15, 0.2) is 0 Å². The summed E-state index contributed by atoms with van der Waals surface area (Å²) in [6, 6.07) is 20.8. The van der Waals surface area contributed by atoms with Crippen molar-refractivity contribution < 1.29 is 4.98 Å². The molecule has 2 nitrogen and oxygen atoms in total. The van der Waals surface area contributed by atoms with Crippen molar-refractivity contribution in [3.63, 3.8) is 0 Å². The van der Waals surface area contributed by atoms with E-state index in [1.54, 1.807) is 0 Å². The van der Waals surface area contributed by atoms with E-state index in [4.69, 9.17) is 0 Å². The number of pyridine rings is 1. The predicted octanol–water partition coefficient (Wildman–Crippen LogP) is 4.69. The molecule has 0 spiro atoms. The maximum Gasteiger partial charge on any atom is 0.211 e. The first-order valence-corrected chi connectivity index (χ1v) is 7.72. The Kier molecular flexibility index (Phi) is 3.49. The number of H-pyrrole nitrogens is 1. The zero-order chi connectivity index (χ0) is 15.5. The number of hydrogen-bond acceptors (Lipinski definition) is 1. The zero-order valence-corrected chi connectivity index (χ0v) is 12.7. The maximum atomic E-state index is 3.43. The molecule has 0 atom stereocenters. The largest absolute Gasteiger partial charge is 0.355 e. The van der Waals surface area contributed by atoms with E-state index in [0.29, 0.717) is 0 Å². The third-order valence-corrected chi connectivity index (χ3v) is 3.92. The van der Waals surface area contributed by atoms with Crippen LogP contribution < -0.4 is 10.3 Å². The SMILES string of the molecule is C1=Cc2ccccc2N/C1=C\C=C\c1ccc2ccccc2[nH+]1. The summed E-state index contributed by atoms with van der Waals surface area (Å²) in [5.74, 6) is 0. The van der Waals surface area contributed by atoms with Gasteiger partial charge < -0.3 is 5.32 Å². The fraction of sp³-hybridized carbons (Fsp3) is 0. The minimum atomic E-state index is 1.08. The Labute approximate surface area is 135 Å². The van der Waals surface area contributed by atoms with Crippen molar-refractivity contribution in [3.05, 3.63) is 95.8 Å². The van der Waals surface area contributed by atoms with Crippen molar-refractivity contribution in [2.45, 2.75) is 0 Å². The van der Waals surface area contributed by atoms with Gasteiger partial charge in [-0.3, -0.25) is 0 Å². The average Bonchev–Trinajstić information content (AvgIpc) is 2.61. The topological polar surface area (TPSA) is 26.2 Å². The molecule has 23 heavy (non-hydrogen) atoms. The molecule has 0 saturated heterocycles. The molecule has 0 unspecified atom stereocenters. The lowest BCUT2D eigenvalue weighted by atomic mass is 10.1. The van der Waals surface area contributed by atoms with Crippen molar-refractivity contribution in [2.75, 3.05) is 5.32 Å². The molecule has 2 heterocycles. The molecule has 4 rings (SSSR count). The highest BCUT2D eigenvalue weighted by Gasteiger charge is 2.04. The molecule has 1 aromatic heterocycles. The van der Waals surface area contributed by atoms with Gasteiger partial charge in [0.05, 0.1) is 0 Å². The Balaban J connectivity index is 1.55. The molecule has 1 aliphatic rings. The lowest BCUT2D eigenvalue weighted by molar-refractivity contribution is -0.347. The van der Waals surface area contributed by atoms with E-state index in [-0.39, 0.29) is 0 Å². The van der Waals surface area contributed by atoms with Crippen molar-refractivity contribution in [3.8, 4) is 0 Å². The molecule has 2 aromatic carbocycles. The molecule has 2 N–H and O–H groups in total. The molecular weight excluding hydrogens is 280 g/mol.